The van der Waals surface area contributed by atoms with Gasteiger partial charge in [-0.1, -0.05) is 37.3 Å². The van der Waals surface area contributed by atoms with Crippen LogP contribution < -0.4 is 15.0 Å². The molecule has 9 nitrogen and oxygen atoms in total. The lowest BCUT2D eigenvalue weighted by Gasteiger charge is -2.33. The Morgan fingerprint density at radius 1 is 0.897 bits per heavy atom. The van der Waals surface area contributed by atoms with Gasteiger partial charge in [0.05, 0.1) is 13.2 Å². The van der Waals surface area contributed by atoms with E-state index < -0.39 is 0 Å². The van der Waals surface area contributed by atoms with Crippen LogP contribution in [0.25, 0.3) is 10.8 Å². The van der Waals surface area contributed by atoms with Crippen molar-refractivity contribution in [3.63, 3.8) is 0 Å². The van der Waals surface area contributed by atoms with E-state index in [9.17, 15) is 4.79 Å². The highest BCUT2D eigenvalue weighted by Gasteiger charge is 2.17. The summed E-state index contributed by atoms with van der Waals surface area (Å²) < 4.78 is 11.7. The molecule has 1 N–H and O–H groups in total. The maximum absolute atomic E-state index is 13.2. The van der Waals surface area contributed by atoms with Crippen molar-refractivity contribution in [2.75, 3.05) is 82.4 Å². The van der Waals surface area contributed by atoms with Crippen molar-refractivity contribution in [2.24, 2.45) is 0 Å². The third-order valence-corrected chi connectivity index (χ3v) is 7.19. The predicted octanol–water partition coefficient (Wildman–Crippen LogP) is 3.36. The van der Waals surface area contributed by atoms with E-state index in [1.807, 2.05) is 54.6 Å². The predicted molar refractivity (Wildman–Crippen MR) is 150 cm³/mol. The first-order valence-corrected chi connectivity index (χ1v) is 13.5. The monoisotopic (exact) mass is 532 g/mol. The molecule has 0 bridgehead atoms. The average Bonchev–Trinajstić information content (AvgIpc) is 2.99. The molecule has 2 aliphatic rings. The lowest BCUT2D eigenvalue weighted by atomic mass is 10.1. The number of fused-ring (bicyclic) bond motifs is 1. The second-order valence-electron chi connectivity index (χ2n) is 9.47. The van der Waals surface area contributed by atoms with Crippen LogP contribution in [0.15, 0.2) is 60.7 Å². The van der Waals surface area contributed by atoms with Crippen LogP contribution in [0.1, 0.15) is 17.3 Å². The van der Waals surface area contributed by atoms with E-state index in [-0.39, 0.29) is 12.1 Å². The number of hydrogen-bond acceptors (Lipinski definition) is 8. The second kappa shape index (κ2) is 14.4. The minimum atomic E-state index is -0.116. The van der Waals surface area contributed by atoms with E-state index in [0.717, 1.165) is 80.3 Å². The van der Waals surface area contributed by atoms with Crippen LogP contribution >= 0.6 is 0 Å². The summed E-state index contributed by atoms with van der Waals surface area (Å²) in [6.07, 6.45) is 0.250. The number of morpholine rings is 1. The Balaban J connectivity index is 0.00000112. The quantitative estimate of drug-likeness (QED) is 0.472. The number of piperazine rings is 1. The lowest BCUT2D eigenvalue weighted by Crippen LogP contribution is -2.47. The molecule has 0 spiro atoms. The summed E-state index contributed by atoms with van der Waals surface area (Å²) in [7, 11) is 0. The number of hydrogen-bond donors (Lipinski definition) is 1. The van der Waals surface area contributed by atoms with Gasteiger partial charge in [-0.25, -0.2) is 0 Å². The zero-order valence-corrected chi connectivity index (χ0v) is 22.4. The summed E-state index contributed by atoms with van der Waals surface area (Å²) in [5.41, 5.74) is 2.48. The van der Waals surface area contributed by atoms with Gasteiger partial charge in [-0.05, 0) is 36.9 Å². The molecule has 2 fully saturated rings. The van der Waals surface area contributed by atoms with E-state index in [1.165, 1.54) is 0 Å². The number of amides is 1. The van der Waals surface area contributed by atoms with Crippen LogP contribution in [0.3, 0.4) is 0 Å². The molecule has 2 aliphatic heterocycles. The van der Waals surface area contributed by atoms with Gasteiger partial charge < -0.3 is 24.6 Å². The van der Waals surface area contributed by atoms with Gasteiger partial charge in [-0.15, -0.1) is 0 Å². The van der Waals surface area contributed by atoms with Crippen molar-refractivity contribution < 1.29 is 23.9 Å². The topological polar surface area (TPSA) is 91.4 Å². The van der Waals surface area contributed by atoms with Crippen LogP contribution in [0.2, 0.25) is 0 Å². The Labute approximate surface area is 229 Å². The second-order valence-corrected chi connectivity index (χ2v) is 9.47. The number of anilines is 2. The van der Waals surface area contributed by atoms with Crippen molar-refractivity contribution in [3.05, 3.63) is 66.2 Å². The van der Waals surface area contributed by atoms with Crippen LogP contribution in [0, 0.1) is 0 Å². The van der Waals surface area contributed by atoms with Gasteiger partial charge >= 0.3 is 6.15 Å². The molecule has 2 saturated heterocycles. The molecule has 3 aromatic carbocycles. The normalized spacial score (nSPS) is 16.2. The maximum Gasteiger partial charge on any atom is 0.373 e. The fourth-order valence-corrected chi connectivity index (χ4v) is 4.98. The molecule has 0 unspecified atom stereocenters. The molecule has 0 aliphatic carbocycles. The number of carbonyl (C=O) groups is 1. The Morgan fingerprint density at radius 2 is 1.59 bits per heavy atom. The van der Waals surface area contributed by atoms with Crippen LogP contribution in [0.5, 0.6) is 5.75 Å². The summed E-state index contributed by atoms with van der Waals surface area (Å²) in [5, 5.41) is 5.11. The SMILES string of the molecule is CCN1CCN(CCOc2ccc(NC(=O)c3cccc(N4CCOCC4)c3)c3ccccc23)CC1.O=C=O. The highest BCUT2D eigenvalue weighted by molar-refractivity contribution is 6.10. The summed E-state index contributed by atoms with van der Waals surface area (Å²) >= 11 is 0. The molecule has 0 radical (unpaired) electrons. The molecular formula is C30H36N4O5. The molecule has 3 aromatic rings. The highest BCUT2D eigenvalue weighted by atomic mass is 16.5. The summed E-state index contributed by atoms with van der Waals surface area (Å²) in [6, 6.07) is 19.8. The van der Waals surface area contributed by atoms with Gasteiger partial charge in [0.25, 0.3) is 5.91 Å². The highest BCUT2D eigenvalue weighted by Crippen LogP contribution is 2.32. The molecule has 0 atom stereocenters. The van der Waals surface area contributed by atoms with Gasteiger partial charge in [0, 0.05) is 73.5 Å². The van der Waals surface area contributed by atoms with Crippen LogP contribution in [-0.2, 0) is 14.3 Å². The smallest absolute Gasteiger partial charge is 0.373 e. The molecule has 2 heterocycles. The number of ether oxygens (including phenoxy) is 2. The number of rotatable bonds is 8. The first kappa shape index (κ1) is 28.3. The minimum Gasteiger partial charge on any atom is -0.492 e. The van der Waals surface area contributed by atoms with Crippen molar-refractivity contribution in [2.45, 2.75) is 6.92 Å². The Morgan fingerprint density at radius 3 is 2.31 bits per heavy atom. The Kier molecular flexibility index (Phi) is 10.4. The Hall–Kier alpha value is -3.75. The van der Waals surface area contributed by atoms with E-state index in [1.54, 1.807) is 0 Å². The largest absolute Gasteiger partial charge is 0.492 e. The zero-order valence-electron chi connectivity index (χ0n) is 22.4. The standard InChI is InChI=1S/C29H36N4O3.CO2/c1-2-31-12-14-32(15-13-31)16-21-36-28-11-10-27(25-8-3-4-9-26(25)28)30-29(34)23-6-5-7-24(22-23)33-17-19-35-20-18-33;2-1-3/h3-11,22H,2,12-21H2,1H3,(H,30,34);. The molecule has 9 heteroatoms. The van der Waals surface area contributed by atoms with Crippen LogP contribution in [-0.4, -0.2) is 94.0 Å². The third-order valence-electron chi connectivity index (χ3n) is 7.19. The first-order valence-electron chi connectivity index (χ1n) is 13.5. The minimum absolute atomic E-state index is 0.116. The van der Waals surface area contributed by atoms with Gasteiger partial charge in [0.1, 0.15) is 12.4 Å². The van der Waals surface area contributed by atoms with E-state index in [0.29, 0.717) is 25.4 Å². The number of likely N-dealkylation sites (N-methyl/N-ethyl adjacent to an activating group) is 1. The molecule has 1 amide bonds. The summed E-state index contributed by atoms with van der Waals surface area (Å²) in [6.45, 7) is 12.5. The average molecular weight is 533 g/mol. The number of carbonyl (C=O) groups excluding carboxylic acids is 3. The van der Waals surface area contributed by atoms with Gasteiger partial charge in [-0.3, -0.25) is 9.69 Å². The van der Waals surface area contributed by atoms with Gasteiger partial charge in [-0.2, -0.15) is 9.59 Å². The maximum atomic E-state index is 13.2. The Bertz CT molecular complexity index is 1260. The van der Waals surface area contributed by atoms with Crippen LogP contribution in [0.4, 0.5) is 11.4 Å². The van der Waals surface area contributed by atoms with E-state index in [2.05, 4.69) is 33.0 Å². The fourth-order valence-electron chi connectivity index (χ4n) is 4.98. The van der Waals surface area contributed by atoms with Crippen molar-refractivity contribution in [3.8, 4) is 5.75 Å². The van der Waals surface area contributed by atoms with Crippen molar-refractivity contribution >= 4 is 34.2 Å². The molecule has 0 saturated carbocycles. The third kappa shape index (κ3) is 7.65. The molecule has 5 rings (SSSR count). The van der Waals surface area contributed by atoms with E-state index in [4.69, 9.17) is 19.1 Å². The van der Waals surface area contributed by atoms with E-state index >= 15 is 0 Å². The molecular weight excluding hydrogens is 496 g/mol. The number of nitrogens with one attached hydrogen (secondary N) is 1. The lowest BCUT2D eigenvalue weighted by molar-refractivity contribution is -0.191. The molecule has 0 aromatic heterocycles. The summed E-state index contributed by atoms with van der Waals surface area (Å²) in [4.78, 5) is 36.6. The first-order chi connectivity index (χ1) is 19.1. The zero-order chi connectivity index (χ0) is 27.5. The fraction of sp³-hybridized carbons (Fsp3) is 0.400. The number of benzene rings is 3. The summed E-state index contributed by atoms with van der Waals surface area (Å²) in [5.74, 6) is 0.736. The number of nitrogens with zero attached hydrogens (tertiary/aromatic N) is 3. The van der Waals surface area contributed by atoms with Crippen molar-refractivity contribution in [1.82, 2.24) is 9.80 Å². The van der Waals surface area contributed by atoms with Gasteiger partial charge in [0.15, 0.2) is 0 Å². The van der Waals surface area contributed by atoms with Gasteiger partial charge in [0.2, 0.25) is 0 Å². The van der Waals surface area contributed by atoms with Crippen molar-refractivity contribution in [1.29, 1.82) is 0 Å². The molecule has 206 valence electrons. The molecule has 39 heavy (non-hydrogen) atoms.